The van der Waals surface area contributed by atoms with Crippen LogP contribution < -0.4 is 5.32 Å². The lowest BCUT2D eigenvalue weighted by molar-refractivity contribution is -0.255. The molecule has 1 saturated heterocycles. The fourth-order valence-electron chi connectivity index (χ4n) is 9.40. The Hall–Kier alpha value is -4.27. The summed E-state index contributed by atoms with van der Waals surface area (Å²) in [5, 5.41) is 25.6. The van der Waals surface area contributed by atoms with E-state index in [4.69, 9.17) is 32.5 Å². The van der Waals surface area contributed by atoms with E-state index < -0.39 is 69.2 Å². The number of carbonyl (C=O) groups is 2. The van der Waals surface area contributed by atoms with Crippen LogP contribution in [-0.4, -0.2) is 71.5 Å². The standard InChI is InChI=1S/C62H90NO12P/c1-3-5-7-9-11-13-15-17-31-41-54(69-46-50-33-23-19-24-34-50)43-57(65)63-59-61(74-58(66)44-55(70-47-51-35-25-20-26-36-51)42-32-18-16-14-12-10-8-6-4-2)60(67)56(45-64)73-62(59)75-76(68,71-48-52-37-27-21-28-38-52)72-49-53-39-29-22-30-40-53/h19-30,33-40,54-56,59-62,64,67H,3-18,31-32,41-49H2,1-2H3,(H,63,65)/t54-,55-,56-,59-,60-,61-,62-/m1/s1. The van der Waals surface area contributed by atoms with Crippen LogP contribution in [0.4, 0.5) is 0 Å². The number of rotatable bonds is 41. The molecule has 1 aliphatic rings. The number of carbonyl (C=O) groups excluding carboxylic acids is 2. The Bertz CT molecular complexity index is 2110. The van der Waals surface area contributed by atoms with Crippen LogP contribution in [0.1, 0.15) is 177 Å². The molecule has 0 unspecified atom stereocenters. The van der Waals surface area contributed by atoms with E-state index in [0.717, 1.165) is 62.5 Å². The van der Waals surface area contributed by atoms with Crippen molar-refractivity contribution in [1.29, 1.82) is 0 Å². The van der Waals surface area contributed by atoms with E-state index >= 15 is 0 Å². The Morgan fingerprint density at radius 1 is 0.553 bits per heavy atom. The van der Waals surface area contributed by atoms with E-state index in [1.54, 1.807) is 24.3 Å². The zero-order valence-electron chi connectivity index (χ0n) is 45.6. The van der Waals surface area contributed by atoms with Gasteiger partial charge in [0.15, 0.2) is 12.4 Å². The summed E-state index contributed by atoms with van der Waals surface area (Å²) >= 11 is 0. The zero-order chi connectivity index (χ0) is 53.9. The van der Waals surface area contributed by atoms with E-state index in [1.807, 2.05) is 97.1 Å². The highest BCUT2D eigenvalue weighted by Gasteiger charge is 2.51. The molecule has 0 bridgehead atoms. The number of nitrogens with one attached hydrogen (secondary N) is 1. The summed E-state index contributed by atoms with van der Waals surface area (Å²) in [4.78, 5) is 28.9. The van der Waals surface area contributed by atoms with Crippen LogP contribution in [-0.2, 0) is 73.1 Å². The Morgan fingerprint density at radius 3 is 1.34 bits per heavy atom. The molecule has 3 N–H and O–H groups in total. The fraction of sp³-hybridized carbons (Fsp3) is 0.581. The first-order chi connectivity index (χ1) is 37.2. The molecule has 7 atom stereocenters. The molecule has 0 spiro atoms. The molecule has 420 valence electrons. The lowest BCUT2D eigenvalue weighted by atomic mass is 9.96. The molecule has 1 amide bonds. The molecule has 1 heterocycles. The van der Waals surface area contributed by atoms with Gasteiger partial charge >= 0.3 is 13.8 Å². The van der Waals surface area contributed by atoms with Gasteiger partial charge in [-0.25, -0.2) is 4.57 Å². The van der Waals surface area contributed by atoms with E-state index in [9.17, 15) is 24.4 Å². The molecule has 76 heavy (non-hydrogen) atoms. The van der Waals surface area contributed by atoms with Crippen LogP contribution in [0.2, 0.25) is 0 Å². The molecule has 0 saturated carbocycles. The fourth-order valence-corrected chi connectivity index (χ4v) is 10.6. The topological polar surface area (TPSA) is 168 Å². The van der Waals surface area contributed by atoms with Crippen molar-refractivity contribution < 1.29 is 56.9 Å². The second kappa shape index (κ2) is 37.5. The van der Waals surface area contributed by atoms with Gasteiger partial charge in [-0.1, -0.05) is 251 Å². The number of amides is 1. The Balaban J connectivity index is 1.38. The molecule has 0 radical (unpaired) electrons. The van der Waals surface area contributed by atoms with Gasteiger partial charge in [-0.2, -0.15) is 0 Å². The summed E-state index contributed by atoms with van der Waals surface area (Å²) in [6.45, 7) is 3.93. The number of hydrogen-bond donors (Lipinski definition) is 3. The van der Waals surface area contributed by atoms with Gasteiger partial charge in [0, 0.05) is 0 Å². The third-order valence-corrected chi connectivity index (χ3v) is 15.2. The van der Waals surface area contributed by atoms with Crippen LogP contribution in [0, 0.1) is 0 Å². The molecule has 0 aromatic heterocycles. The predicted octanol–water partition coefficient (Wildman–Crippen LogP) is 13.8. The van der Waals surface area contributed by atoms with Gasteiger partial charge in [0.1, 0.15) is 18.2 Å². The second-order valence-corrected chi connectivity index (χ2v) is 21.9. The number of aliphatic hydroxyl groups is 2. The van der Waals surface area contributed by atoms with Crippen LogP contribution in [0.3, 0.4) is 0 Å². The molecular weight excluding hydrogens is 982 g/mol. The van der Waals surface area contributed by atoms with Crippen molar-refractivity contribution in [2.24, 2.45) is 0 Å². The molecule has 4 aromatic carbocycles. The monoisotopic (exact) mass is 1070 g/mol. The van der Waals surface area contributed by atoms with Gasteiger partial charge in [-0.3, -0.25) is 23.2 Å². The normalized spacial score (nSPS) is 18.5. The summed E-state index contributed by atoms with van der Waals surface area (Å²) in [5.74, 6) is -1.21. The van der Waals surface area contributed by atoms with E-state index in [2.05, 4.69) is 19.2 Å². The minimum Gasteiger partial charge on any atom is -0.457 e. The number of esters is 1. The summed E-state index contributed by atoms with van der Waals surface area (Å²) in [7, 11) is -4.64. The van der Waals surface area contributed by atoms with Crippen molar-refractivity contribution in [3.63, 3.8) is 0 Å². The second-order valence-electron chi connectivity index (χ2n) is 20.3. The van der Waals surface area contributed by atoms with E-state index in [0.29, 0.717) is 30.6 Å². The van der Waals surface area contributed by atoms with Crippen LogP contribution in [0.5, 0.6) is 0 Å². The minimum absolute atomic E-state index is 0.0892. The smallest absolute Gasteiger partial charge is 0.457 e. The molecule has 13 nitrogen and oxygen atoms in total. The maximum atomic E-state index is 15.0. The van der Waals surface area contributed by atoms with Gasteiger partial charge in [0.25, 0.3) is 0 Å². The molecule has 1 fully saturated rings. The van der Waals surface area contributed by atoms with Crippen molar-refractivity contribution in [2.45, 2.75) is 224 Å². The average molecular weight is 1070 g/mol. The molecule has 0 aliphatic carbocycles. The van der Waals surface area contributed by atoms with Crippen molar-refractivity contribution in [3.8, 4) is 0 Å². The number of benzene rings is 4. The van der Waals surface area contributed by atoms with Crippen LogP contribution in [0.15, 0.2) is 121 Å². The van der Waals surface area contributed by atoms with Crippen molar-refractivity contribution >= 4 is 19.7 Å². The largest absolute Gasteiger partial charge is 0.477 e. The number of phosphoric acid groups is 1. The van der Waals surface area contributed by atoms with Crippen LogP contribution in [0.25, 0.3) is 0 Å². The SMILES string of the molecule is CCCCCCCCCCC[C@H](CC(=O)N[C@H]1[C@@H](OP(=O)(OCc2ccccc2)OCc2ccccc2)O[C@H](CO)[C@@H](O)[C@@H]1OC(=O)C[C@@H](CCCCCCCCCCC)OCc1ccccc1)OCc1ccccc1. The maximum Gasteiger partial charge on any atom is 0.477 e. The van der Waals surface area contributed by atoms with Gasteiger partial charge in [0.05, 0.1) is 58.1 Å². The minimum atomic E-state index is -4.64. The highest BCUT2D eigenvalue weighted by molar-refractivity contribution is 7.48. The van der Waals surface area contributed by atoms with Crippen molar-refractivity contribution in [2.75, 3.05) is 6.61 Å². The number of hydrogen-bond acceptors (Lipinski definition) is 12. The lowest BCUT2D eigenvalue weighted by Gasteiger charge is -2.44. The first-order valence-electron chi connectivity index (χ1n) is 28.6. The summed E-state index contributed by atoms with van der Waals surface area (Å²) in [6, 6.07) is 36.2. The molecule has 5 rings (SSSR count). The number of phosphoric ester groups is 1. The Kier molecular flexibility index (Phi) is 30.9. The predicted molar refractivity (Wildman–Crippen MR) is 298 cm³/mol. The zero-order valence-corrected chi connectivity index (χ0v) is 46.5. The Morgan fingerprint density at radius 2 is 0.934 bits per heavy atom. The van der Waals surface area contributed by atoms with Gasteiger partial charge in [-0.05, 0) is 35.1 Å². The summed E-state index contributed by atoms with van der Waals surface area (Å²) in [5.41, 5.74) is 3.28. The first-order valence-corrected chi connectivity index (χ1v) is 30.0. The molecule has 4 aromatic rings. The summed E-state index contributed by atoms with van der Waals surface area (Å²) in [6.07, 6.45) is 14.2. The number of unbranched alkanes of at least 4 members (excludes halogenated alkanes) is 16. The van der Waals surface area contributed by atoms with Gasteiger partial charge in [-0.15, -0.1) is 0 Å². The maximum absolute atomic E-state index is 15.0. The summed E-state index contributed by atoms with van der Waals surface area (Å²) < 4.78 is 58.4. The number of aliphatic hydroxyl groups excluding tert-OH is 2. The van der Waals surface area contributed by atoms with Crippen molar-refractivity contribution in [1.82, 2.24) is 5.32 Å². The molecule has 1 aliphatic heterocycles. The molecule has 14 heteroatoms. The van der Waals surface area contributed by atoms with E-state index in [-0.39, 0.29) is 32.7 Å². The molecular formula is C62H90NO12P. The number of ether oxygens (including phenoxy) is 4. The highest BCUT2D eigenvalue weighted by Crippen LogP contribution is 2.53. The third-order valence-electron chi connectivity index (χ3n) is 13.9. The van der Waals surface area contributed by atoms with E-state index in [1.165, 1.54) is 64.2 Å². The van der Waals surface area contributed by atoms with Gasteiger partial charge < -0.3 is 34.5 Å². The highest BCUT2D eigenvalue weighted by atomic mass is 31.2. The van der Waals surface area contributed by atoms with Crippen molar-refractivity contribution in [3.05, 3.63) is 144 Å². The average Bonchev–Trinajstić information content (AvgIpc) is 3.45. The third kappa shape index (κ3) is 25.0. The first kappa shape index (κ1) is 62.6. The lowest BCUT2D eigenvalue weighted by Crippen LogP contribution is -2.65. The van der Waals surface area contributed by atoms with Gasteiger partial charge in [0.2, 0.25) is 5.91 Å². The van der Waals surface area contributed by atoms with Crippen LogP contribution >= 0.6 is 7.82 Å². The quantitative estimate of drug-likeness (QED) is 0.0219. The Labute approximate surface area is 454 Å².